The maximum atomic E-state index is 13.4. The van der Waals surface area contributed by atoms with Crippen LogP contribution in [0.4, 0.5) is 4.39 Å². The maximum Gasteiger partial charge on any atom is 0.142 e. The Bertz CT molecular complexity index is 553. The molecule has 90 valence electrons. The lowest BCUT2D eigenvalue weighted by Gasteiger charge is -2.09. The minimum absolute atomic E-state index is 0.0256. The van der Waals surface area contributed by atoms with Gasteiger partial charge in [-0.05, 0) is 46.6 Å². The molecule has 0 fully saturated rings. The third-order valence-corrected chi connectivity index (χ3v) is 5.93. The van der Waals surface area contributed by atoms with E-state index in [4.69, 9.17) is 11.6 Å². The molecule has 17 heavy (non-hydrogen) atoms. The Hall–Kier alpha value is 0.1000. The fourth-order valence-corrected chi connectivity index (χ4v) is 4.62. The summed E-state index contributed by atoms with van der Waals surface area (Å²) in [6.45, 7) is 2.04. The average Bonchev–Trinajstić information content (AvgIpc) is 2.61. The molecule has 5 heteroatoms. The highest BCUT2D eigenvalue weighted by molar-refractivity contribution is 9.11. The number of thiophene rings is 1. The SMILES string of the molecule is Cc1cc(Br)c(C(Br)c2ccc(Cl)c(F)c2)s1. The highest BCUT2D eigenvalue weighted by atomic mass is 79.9. The molecule has 0 aliphatic rings. The van der Waals surface area contributed by atoms with Gasteiger partial charge in [-0.1, -0.05) is 33.6 Å². The number of halogens is 4. The summed E-state index contributed by atoms with van der Waals surface area (Å²) < 4.78 is 14.4. The molecule has 1 heterocycles. The summed E-state index contributed by atoms with van der Waals surface area (Å²) in [7, 11) is 0. The summed E-state index contributed by atoms with van der Waals surface area (Å²) in [5.41, 5.74) is 0.856. The van der Waals surface area contributed by atoms with Crippen LogP contribution in [0.2, 0.25) is 5.02 Å². The van der Waals surface area contributed by atoms with E-state index in [1.807, 2.05) is 13.0 Å². The molecule has 0 aliphatic heterocycles. The van der Waals surface area contributed by atoms with E-state index < -0.39 is 5.82 Å². The summed E-state index contributed by atoms with van der Waals surface area (Å²) in [6.07, 6.45) is 0. The second-order valence-corrected chi connectivity index (χ2v) is 7.07. The van der Waals surface area contributed by atoms with Crippen LogP contribution in [0, 0.1) is 12.7 Å². The molecule has 0 saturated carbocycles. The zero-order chi connectivity index (χ0) is 12.6. The van der Waals surface area contributed by atoms with Crippen molar-refractivity contribution < 1.29 is 4.39 Å². The molecule has 0 aliphatic carbocycles. The van der Waals surface area contributed by atoms with Gasteiger partial charge >= 0.3 is 0 Å². The first-order chi connectivity index (χ1) is 7.99. The van der Waals surface area contributed by atoms with E-state index in [1.165, 1.54) is 10.9 Å². The summed E-state index contributed by atoms with van der Waals surface area (Å²) in [6, 6.07) is 6.92. The van der Waals surface area contributed by atoms with Crippen molar-refractivity contribution in [3.8, 4) is 0 Å². The van der Waals surface area contributed by atoms with Gasteiger partial charge in [0.15, 0.2) is 0 Å². The van der Waals surface area contributed by atoms with Crippen molar-refractivity contribution in [3.05, 3.63) is 54.9 Å². The van der Waals surface area contributed by atoms with Crippen molar-refractivity contribution in [2.75, 3.05) is 0 Å². The minimum Gasteiger partial charge on any atom is -0.205 e. The Labute approximate surface area is 125 Å². The van der Waals surface area contributed by atoms with E-state index in [-0.39, 0.29) is 9.85 Å². The van der Waals surface area contributed by atoms with Crippen molar-refractivity contribution in [2.45, 2.75) is 11.8 Å². The normalized spacial score (nSPS) is 12.8. The standard InChI is InChI=1S/C12H8Br2ClFS/c1-6-4-8(13)12(17-6)11(14)7-2-3-9(15)10(16)5-7/h2-5,11H,1H3. The lowest BCUT2D eigenvalue weighted by atomic mass is 10.1. The van der Waals surface area contributed by atoms with Crippen molar-refractivity contribution in [1.29, 1.82) is 0 Å². The van der Waals surface area contributed by atoms with Gasteiger partial charge in [-0.2, -0.15) is 0 Å². The molecule has 0 radical (unpaired) electrons. The monoisotopic (exact) mass is 396 g/mol. The Morgan fingerprint density at radius 1 is 1.35 bits per heavy atom. The van der Waals surface area contributed by atoms with E-state index in [0.717, 1.165) is 14.9 Å². The summed E-state index contributed by atoms with van der Waals surface area (Å²) in [4.78, 5) is 2.32. The molecule has 2 rings (SSSR count). The van der Waals surface area contributed by atoms with Gasteiger partial charge in [0.2, 0.25) is 0 Å². The second kappa shape index (κ2) is 5.39. The third-order valence-electron chi connectivity index (χ3n) is 2.30. The molecular formula is C12H8Br2ClFS. The zero-order valence-corrected chi connectivity index (χ0v) is 13.6. The van der Waals surface area contributed by atoms with Crippen LogP contribution in [-0.4, -0.2) is 0 Å². The van der Waals surface area contributed by atoms with Crippen LogP contribution in [0.5, 0.6) is 0 Å². The number of alkyl halides is 1. The summed E-state index contributed by atoms with van der Waals surface area (Å²) >= 11 is 14.4. The van der Waals surface area contributed by atoms with Gasteiger partial charge in [0.1, 0.15) is 5.82 Å². The largest absolute Gasteiger partial charge is 0.205 e. The highest BCUT2D eigenvalue weighted by Crippen LogP contribution is 2.41. The molecule has 1 aromatic carbocycles. The van der Waals surface area contributed by atoms with E-state index in [2.05, 4.69) is 37.9 Å². The molecule has 0 bridgehead atoms. The van der Waals surface area contributed by atoms with Crippen LogP contribution in [0.3, 0.4) is 0 Å². The van der Waals surface area contributed by atoms with Gasteiger partial charge in [0, 0.05) is 14.2 Å². The van der Waals surface area contributed by atoms with Gasteiger partial charge in [-0.3, -0.25) is 0 Å². The van der Waals surface area contributed by atoms with Crippen molar-refractivity contribution in [2.24, 2.45) is 0 Å². The number of hydrogen-bond acceptors (Lipinski definition) is 1. The van der Waals surface area contributed by atoms with Crippen LogP contribution in [0.15, 0.2) is 28.7 Å². The van der Waals surface area contributed by atoms with Gasteiger partial charge in [-0.15, -0.1) is 11.3 Å². The fraction of sp³-hybridized carbons (Fsp3) is 0.167. The van der Waals surface area contributed by atoms with Gasteiger partial charge in [0.05, 0.1) is 9.85 Å². The molecule has 1 aromatic heterocycles. The lowest BCUT2D eigenvalue weighted by Crippen LogP contribution is -1.92. The Morgan fingerprint density at radius 2 is 2.06 bits per heavy atom. The van der Waals surface area contributed by atoms with Crippen LogP contribution >= 0.6 is 54.8 Å². The molecule has 1 unspecified atom stereocenters. The van der Waals surface area contributed by atoms with Crippen molar-refractivity contribution in [1.82, 2.24) is 0 Å². The van der Waals surface area contributed by atoms with Crippen LogP contribution in [0.1, 0.15) is 20.1 Å². The highest BCUT2D eigenvalue weighted by Gasteiger charge is 2.17. The first kappa shape index (κ1) is 13.5. The summed E-state index contributed by atoms with van der Waals surface area (Å²) in [5, 5.41) is 0.148. The first-order valence-corrected chi connectivity index (χ1v) is 7.74. The van der Waals surface area contributed by atoms with Crippen molar-refractivity contribution >= 4 is 54.8 Å². The predicted octanol–water partition coefficient (Wildman–Crippen LogP) is 6.10. The molecule has 0 nitrogen and oxygen atoms in total. The van der Waals surface area contributed by atoms with Gasteiger partial charge in [0.25, 0.3) is 0 Å². The number of rotatable bonds is 2. The predicted molar refractivity (Wildman–Crippen MR) is 78.9 cm³/mol. The van der Waals surface area contributed by atoms with Crippen LogP contribution in [0.25, 0.3) is 0 Å². The molecule has 0 amide bonds. The lowest BCUT2D eigenvalue weighted by molar-refractivity contribution is 0.626. The van der Waals surface area contributed by atoms with E-state index >= 15 is 0 Å². The topological polar surface area (TPSA) is 0 Å². The molecule has 0 N–H and O–H groups in total. The smallest absolute Gasteiger partial charge is 0.142 e. The van der Waals surface area contributed by atoms with Crippen LogP contribution < -0.4 is 0 Å². The second-order valence-electron chi connectivity index (χ2n) is 3.61. The van der Waals surface area contributed by atoms with E-state index in [0.29, 0.717) is 0 Å². The molecular weight excluding hydrogens is 390 g/mol. The quantitative estimate of drug-likeness (QED) is 0.537. The Kier molecular flexibility index (Phi) is 4.29. The van der Waals surface area contributed by atoms with Crippen molar-refractivity contribution in [3.63, 3.8) is 0 Å². The number of hydrogen-bond donors (Lipinski definition) is 0. The molecule has 0 saturated heterocycles. The average molecular weight is 399 g/mol. The van der Waals surface area contributed by atoms with Crippen LogP contribution in [-0.2, 0) is 0 Å². The number of aryl methyl sites for hydroxylation is 1. The maximum absolute atomic E-state index is 13.4. The molecule has 0 spiro atoms. The van der Waals surface area contributed by atoms with Gasteiger partial charge in [-0.25, -0.2) is 4.39 Å². The molecule has 2 aromatic rings. The first-order valence-electron chi connectivity index (χ1n) is 4.84. The van der Waals surface area contributed by atoms with Gasteiger partial charge < -0.3 is 0 Å². The fourth-order valence-electron chi connectivity index (χ4n) is 1.50. The van der Waals surface area contributed by atoms with E-state index in [1.54, 1.807) is 17.4 Å². The minimum atomic E-state index is -0.391. The van der Waals surface area contributed by atoms with E-state index in [9.17, 15) is 4.39 Å². The Balaban J connectivity index is 2.40. The number of benzene rings is 1. The Morgan fingerprint density at radius 3 is 2.59 bits per heavy atom. The third kappa shape index (κ3) is 2.92. The zero-order valence-electron chi connectivity index (χ0n) is 8.81. The summed E-state index contributed by atoms with van der Waals surface area (Å²) in [5.74, 6) is -0.391. The molecule has 1 atom stereocenters.